The first-order valence-corrected chi connectivity index (χ1v) is 5.20. The zero-order valence-electron chi connectivity index (χ0n) is 9.59. The Morgan fingerprint density at radius 2 is 2.29 bits per heavy atom. The van der Waals surface area contributed by atoms with E-state index >= 15 is 0 Å². The van der Waals surface area contributed by atoms with Gasteiger partial charge in [0.05, 0.1) is 18.1 Å². The molecule has 0 atom stereocenters. The number of terminal acetylenes is 1. The molecule has 0 unspecified atom stereocenters. The molecule has 5 heteroatoms. The lowest BCUT2D eigenvalue weighted by atomic mass is 10.1. The molecule has 0 radical (unpaired) electrons. The van der Waals surface area contributed by atoms with Crippen molar-refractivity contribution in [2.24, 2.45) is 0 Å². The first-order valence-electron chi connectivity index (χ1n) is 5.20. The number of nitrogens with zero attached hydrogens (tertiary/aromatic N) is 2. The summed E-state index contributed by atoms with van der Waals surface area (Å²) in [6.45, 7) is 2.56. The summed E-state index contributed by atoms with van der Waals surface area (Å²) in [6, 6.07) is 4.64. The molecular weight excluding hydrogens is 220 g/mol. The standard InChI is InChI=1S/C12H14N2O3/c1-3-7-13(4-2)11-6-5-10(9-15)8-12(11)14(16)17/h1,5-6,8,15H,4,7,9H2,2H3. The minimum atomic E-state index is -0.465. The molecule has 0 bridgehead atoms. The van der Waals surface area contributed by atoms with E-state index < -0.39 is 4.92 Å². The Morgan fingerprint density at radius 1 is 1.59 bits per heavy atom. The number of aliphatic hydroxyl groups excluding tert-OH is 1. The molecule has 0 aliphatic rings. The topological polar surface area (TPSA) is 66.6 Å². The van der Waals surface area contributed by atoms with Crippen LogP contribution >= 0.6 is 0 Å². The molecule has 1 N–H and O–H groups in total. The third-order valence-electron chi connectivity index (χ3n) is 2.42. The monoisotopic (exact) mass is 234 g/mol. The Hall–Kier alpha value is -2.06. The zero-order chi connectivity index (χ0) is 12.8. The fraction of sp³-hybridized carbons (Fsp3) is 0.333. The van der Waals surface area contributed by atoms with Crippen molar-refractivity contribution in [2.45, 2.75) is 13.5 Å². The lowest BCUT2D eigenvalue weighted by Crippen LogP contribution is -2.23. The van der Waals surface area contributed by atoms with Crippen LogP contribution in [0.25, 0.3) is 0 Å². The highest BCUT2D eigenvalue weighted by Crippen LogP contribution is 2.29. The number of benzene rings is 1. The normalized spacial score (nSPS) is 9.71. The molecule has 0 spiro atoms. The fourth-order valence-electron chi connectivity index (χ4n) is 1.56. The van der Waals surface area contributed by atoms with Crippen LogP contribution in [-0.4, -0.2) is 23.1 Å². The average molecular weight is 234 g/mol. The third-order valence-corrected chi connectivity index (χ3v) is 2.42. The van der Waals surface area contributed by atoms with Gasteiger partial charge < -0.3 is 10.0 Å². The van der Waals surface area contributed by atoms with Gasteiger partial charge in [0.1, 0.15) is 5.69 Å². The highest BCUT2D eigenvalue weighted by atomic mass is 16.6. The van der Waals surface area contributed by atoms with Crippen LogP contribution in [0.4, 0.5) is 11.4 Å². The lowest BCUT2D eigenvalue weighted by molar-refractivity contribution is -0.384. The molecule has 90 valence electrons. The SMILES string of the molecule is C#CCN(CC)c1ccc(CO)cc1[N+](=O)[O-]. The molecule has 0 aliphatic heterocycles. The molecule has 17 heavy (non-hydrogen) atoms. The van der Waals surface area contributed by atoms with Crippen LogP contribution in [0.2, 0.25) is 0 Å². The molecule has 0 aromatic heterocycles. The maximum Gasteiger partial charge on any atom is 0.292 e. The fourth-order valence-corrected chi connectivity index (χ4v) is 1.56. The van der Waals surface area contributed by atoms with Crippen molar-refractivity contribution >= 4 is 11.4 Å². The number of rotatable bonds is 5. The van der Waals surface area contributed by atoms with Crippen molar-refractivity contribution in [3.63, 3.8) is 0 Å². The molecule has 0 saturated heterocycles. The van der Waals surface area contributed by atoms with Gasteiger partial charge in [0, 0.05) is 12.6 Å². The highest BCUT2D eigenvalue weighted by molar-refractivity contribution is 5.64. The summed E-state index contributed by atoms with van der Waals surface area (Å²) in [5.41, 5.74) is 0.957. The second kappa shape index (κ2) is 5.87. The molecule has 1 aromatic carbocycles. The van der Waals surface area contributed by atoms with Crippen molar-refractivity contribution in [3.05, 3.63) is 33.9 Å². The largest absolute Gasteiger partial charge is 0.392 e. The summed E-state index contributed by atoms with van der Waals surface area (Å²) in [7, 11) is 0. The molecule has 0 saturated carbocycles. The van der Waals surface area contributed by atoms with Gasteiger partial charge in [-0.15, -0.1) is 6.42 Å². The van der Waals surface area contributed by atoms with E-state index in [1.807, 2.05) is 6.92 Å². The summed E-state index contributed by atoms with van der Waals surface area (Å²) in [6.07, 6.45) is 5.22. The zero-order valence-corrected chi connectivity index (χ0v) is 9.59. The van der Waals surface area contributed by atoms with Gasteiger partial charge in [0.15, 0.2) is 0 Å². The molecular formula is C12H14N2O3. The van der Waals surface area contributed by atoms with Crippen LogP contribution in [0.15, 0.2) is 18.2 Å². The Labute approximate surface area is 99.8 Å². The molecule has 0 aliphatic carbocycles. The molecule has 0 heterocycles. The van der Waals surface area contributed by atoms with Crippen molar-refractivity contribution in [1.82, 2.24) is 0 Å². The van der Waals surface area contributed by atoms with E-state index in [9.17, 15) is 10.1 Å². The van der Waals surface area contributed by atoms with Gasteiger partial charge in [0.25, 0.3) is 5.69 Å². The predicted molar refractivity (Wildman–Crippen MR) is 65.7 cm³/mol. The van der Waals surface area contributed by atoms with Crippen LogP contribution < -0.4 is 4.90 Å². The summed E-state index contributed by atoms with van der Waals surface area (Å²) in [5.74, 6) is 2.47. The van der Waals surface area contributed by atoms with Crippen LogP contribution in [0.5, 0.6) is 0 Å². The van der Waals surface area contributed by atoms with E-state index in [-0.39, 0.29) is 12.3 Å². The number of aliphatic hydroxyl groups is 1. The van der Waals surface area contributed by atoms with Crippen molar-refractivity contribution in [1.29, 1.82) is 0 Å². The first kappa shape index (κ1) is 13.0. The Bertz CT molecular complexity index is 452. The second-order valence-corrected chi connectivity index (χ2v) is 3.46. The summed E-state index contributed by atoms with van der Waals surface area (Å²) < 4.78 is 0. The molecule has 1 aromatic rings. The summed E-state index contributed by atoms with van der Waals surface area (Å²) >= 11 is 0. The third kappa shape index (κ3) is 2.95. The van der Waals surface area contributed by atoms with Gasteiger partial charge in [-0.25, -0.2) is 0 Å². The van der Waals surface area contributed by atoms with Crippen molar-refractivity contribution < 1.29 is 10.0 Å². The van der Waals surface area contributed by atoms with E-state index in [1.165, 1.54) is 6.07 Å². The lowest BCUT2D eigenvalue weighted by Gasteiger charge is -2.20. The van der Waals surface area contributed by atoms with E-state index in [2.05, 4.69) is 5.92 Å². The maximum atomic E-state index is 11.0. The van der Waals surface area contributed by atoms with Crippen LogP contribution in [0.1, 0.15) is 12.5 Å². The van der Waals surface area contributed by atoms with Gasteiger partial charge in [0.2, 0.25) is 0 Å². The van der Waals surface area contributed by atoms with E-state index in [4.69, 9.17) is 11.5 Å². The Morgan fingerprint density at radius 3 is 2.76 bits per heavy atom. The minimum Gasteiger partial charge on any atom is -0.392 e. The van der Waals surface area contributed by atoms with E-state index in [1.54, 1.807) is 17.0 Å². The Kier molecular flexibility index (Phi) is 4.49. The smallest absolute Gasteiger partial charge is 0.292 e. The van der Waals surface area contributed by atoms with E-state index in [0.29, 0.717) is 24.3 Å². The van der Waals surface area contributed by atoms with Gasteiger partial charge in [-0.05, 0) is 18.6 Å². The summed E-state index contributed by atoms with van der Waals surface area (Å²) in [4.78, 5) is 12.2. The minimum absolute atomic E-state index is 0.0337. The van der Waals surface area contributed by atoms with Crippen molar-refractivity contribution in [2.75, 3.05) is 18.0 Å². The van der Waals surface area contributed by atoms with E-state index in [0.717, 1.165) is 0 Å². The second-order valence-electron chi connectivity index (χ2n) is 3.46. The number of anilines is 1. The van der Waals surface area contributed by atoms with Gasteiger partial charge in [-0.2, -0.15) is 0 Å². The van der Waals surface area contributed by atoms with Crippen LogP contribution in [0, 0.1) is 22.5 Å². The summed E-state index contributed by atoms with van der Waals surface area (Å²) in [5, 5.41) is 19.9. The molecule has 5 nitrogen and oxygen atoms in total. The molecule has 0 fully saturated rings. The first-order chi connectivity index (χ1) is 8.13. The Balaban J connectivity index is 3.22. The van der Waals surface area contributed by atoms with Gasteiger partial charge in [-0.3, -0.25) is 10.1 Å². The molecule has 0 amide bonds. The quantitative estimate of drug-likeness (QED) is 0.477. The van der Waals surface area contributed by atoms with Crippen LogP contribution in [-0.2, 0) is 6.61 Å². The number of hydrogen-bond acceptors (Lipinski definition) is 4. The molecule has 1 rings (SSSR count). The average Bonchev–Trinajstić information content (AvgIpc) is 2.35. The number of nitro benzene ring substituents is 1. The number of hydrogen-bond donors (Lipinski definition) is 1. The van der Waals surface area contributed by atoms with Crippen LogP contribution in [0.3, 0.4) is 0 Å². The maximum absolute atomic E-state index is 11.0. The van der Waals surface area contributed by atoms with Gasteiger partial charge >= 0.3 is 0 Å². The van der Waals surface area contributed by atoms with Crippen molar-refractivity contribution in [3.8, 4) is 12.3 Å². The number of nitro groups is 1. The van der Waals surface area contributed by atoms with Gasteiger partial charge in [-0.1, -0.05) is 12.0 Å². The predicted octanol–water partition coefficient (Wildman–Crippen LogP) is 1.55. The highest BCUT2D eigenvalue weighted by Gasteiger charge is 2.18.